The first-order chi connectivity index (χ1) is 50.2. The molecule has 3 unspecified atom stereocenters. The van der Waals surface area contributed by atoms with Gasteiger partial charge in [-0.05, 0) is 11.1 Å². The van der Waals surface area contributed by atoms with E-state index in [0.29, 0.717) is 38.3 Å². The molecule has 0 spiro atoms. The van der Waals surface area contributed by atoms with E-state index in [-0.39, 0.29) is 50.4 Å². The summed E-state index contributed by atoms with van der Waals surface area (Å²) in [6.07, 6.45) is 8.96. The van der Waals surface area contributed by atoms with Crippen LogP contribution >= 0.6 is 0 Å². The van der Waals surface area contributed by atoms with Gasteiger partial charge < -0.3 is 22.1 Å². The Bertz CT molecular complexity index is 3920. The molecular formula is C76H96B2N12O14. The Morgan fingerprint density at radius 3 is 1.25 bits per heavy atom. The first-order valence-corrected chi connectivity index (χ1v) is 35.8. The zero-order valence-electron chi connectivity index (χ0n) is 58.9. The van der Waals surface area contributed by atoms with Crippen LogP contribution in [0.3, 0.4) is 0 Å². The van der Waals surface area contributed by atoms with Gasteiger partial charge >= 0.3 is 435 Å². The number of ketones is 1. The van der Waals surface area contributed by atoms with Crippen molar-refractivity contribution >= 4 is 101 Å². The summed E-state index contributed by atoms with van der Waals surface area (Å²) in [4.78, 5) is 144. The Hall–Kier alpha value is -10.2. The number of benzene rings is 6. The zero-order chi connectivity index (χ0) is 74.9. The van der Waals surface area contributed by atoms with Crippen LogP contribution in [0.1, 0.15) is 138 Å². The van der Waals surface area contributed by atoms with Crippen LogP contribution in [-0.4, -0.2) is 153 Å². The Morgan fingerprint density at radius 1 is 0.442 bits per heavy atom. The summed E-state index contributed by atoms with van der Waals surface area (Å²) in [6, 6.07) is 35.6. The third-order valence-electron chi connectivity index (χ3n) is 18.7. The smallest absolute Gasteiger partial charge is 0.368 e. The van der Waals surface area contributed by atoms with Crippen LogP contribution in [0.2, 0.25) is 0 Å². The van der Waals surface area contributed by atoms with Crippen LogP contribution in [0.15, 0.2) is 146 Å². The monoisotopic (exact) mass is 1420 g/mol. The van der Waals surface area contributed by atoms with Crippen LogP contribution in [0.25, 0.3) is 21.5 Å². The fraction of sp³-hybridized carbons (Fsp3) is 0.434. The normalized spacial score (nSPS) is 15.6. The van der Waals surface area contributed by atoms with Gasteiger partial charge in [0.05, 0.1) is 13.1 Å². The number of Topliss-reactive ketones (excluding diaryl/α,β-unsaturated/α-hetero) is 1. The zero-order valence-corrected chi connectivity index (χ0v) is 58.9. The molecule has 10 amide bonds. The molecule has 26 nitrogen and oxygen atoms in total. The molecule has 0 heterocycles. The molecule has 0 saturated heterocycles. The number of primary amides is 2. The summed E-state index contributed by atoms with van der Waals surface area (Å²) in [5.41, 5.74) is 13.4. The van der Waals surface area contributed by atoms with Gasteiger partial charge in [0.1, 0.15) is 12.1 Å². The molecule has 9 atom stereocenters. The number of nitrogens with one attached hydrogen (secondary N) is 10. The number of nitrogens with two attached hydrogens (primary N) is 2. The van der Waals surface area contributed by atoms with E-state index in [0.717, 1.165) is 96.9 Å². The van der Waals surface area contributed by atoms with Gasteiger partial charge in [0.25, 0.3) is 0 Å². The molecule has 0 aromatic heterocycles. The van der Waals surface area contributed by atoms with Crippen LogP contribution in [-0.2, 0) is 75.0 Å². The van der Waals surface area contributed by atoms with Gasteiger partial charge in [-0.2, -0.15) is 0 Å². The van der Waals surface area contributed by atoms with E-state index in [1.54, 1.807) is 67.6 Å². The van der Waals surface area contributed by atoms with Gasteiger partial charge in [-0.15, -0.1) is 0 Å². The molecule has 28 heteroatoms. The van der Waals surface area contributed by atoms with E-state index in [4.69, 9.17) is 11.5 Å². The Balaban J connectivity index is 0.000000291. The van der Waals surface area contributed by atoms with Gasteiger partial charge in [-0.25, -0.2) is 0 Å². The minimum Gasteiger partial charge on any atom is -0.368 e. The van der Waals surface area contributed by atoms with Crippen molar-refractivity contribution in [3.8, 4) is 0 Å². The van der Waals surface area contributed by atoms with E-state index in [9.17, 15) is 67.3 Å². The van der Waals surface area contributed by atoms with Crippen LogP contribution in [0, 0.1) is 11.8 Å². The van der Waals surface area contributed by atoms with Crippen molar-refractivity contribution in [3.63, 3.8) is 0 Å². The van der Waals surface area contributed by atoms with Crippen molar-refractivity contribution in [2.24, 2.45) is 23.3 Å². The minimum atomic E-state index is -1.74. The molecule has 0 radical (unpaired) electrons. The molecule has 2 fully saturated rings. The molecule has 0 aliphatic heterocycles. The number of amides is 10. The molecule has 2 aliphatic rings. The summed E-state index contributed by atoms with van der Waals surface area (Å²) in [7, 11) is 1.39. The number of hydrogen-bond acceptors (Lipinski definition) is 16. The van der Waals surface area contributed by atoms with Crippen molar-refractivity contribution in [1.82, 2.24) is 53.2 Å². The first-order valence-electron chi connectivity index (χ1n) is 35.8. The van der Waals surface area contributed by atoms with Crippen LogP contribution in [0.4, 0.5) is 0 Å². The second-order valence-electron chi connectivity index (χ2n) is 26.4. The summed E-state index contributed by atoms with van der Waals surface area (Å²) in [5, 5.41) is 41.9. The first kappa shape index (κ1) is 81.1. The summed E-state index contributed by atoms with van der Waals surface area (Å²) >= 11 is 0. The third-order valence-corrected chi connectivity index (χ3v) is 18.7. The van der Waals surface area contributed by atoms with E-state index in [1.165, 1.54) is 0 Å². The topological polar surface area (TPSA) is 414 Å². The van der Waals surface area contributed by atoms with Crippen molar-refractivity contribution < 1.29 is 67.3 Å². The van der Waals surface area contributed by atoms with Crippen LogP contribution < -0.4 is 64.6 Å². The number of rotatable bonds is 38. The Kier molecular flexibility index (Phi) is 33.1. The molecule has 2 aliphatic carbocycles. The molecule has 2 saturated carbocycles. The van der Waals surface area contributed by atoms with E-state index in [2.05, 4.69) is 53.2 Å². The predicted octanol–water partition coefficient (Wildman–Crippen LogP) is 3.24. The maximum atomic E-state index is 14.0. The Labute approximate surface area is 606 Å². The standard InChI is InChI=1S/C38H49BN6O7.C38H47BN6O7/c2*1-2-11-29(34(47)38(51)41-22-31(46)45-32(35(40)48)26-13-5-3-6-14-26)43-36(49)30(21-24-18-19-25-12-9-10-17-28(25)20-24)44-37(50)33(42-23-39-52)27-15-7-4-8-16-27/h3,5-6,9-10,12-14,17-20,27,29-30,32-34,42,47H,2,4,7-8,11,15-16,21-23H2,1H3,(H2,40,48)(H,41,51)(H,43,49)(H,44,50)(H,45,46);3,5-6,9-10,12-14,17-20,27,29-30,32-33,42H,2,4,7-8,11,15-16,21-23H2,1H3,(H2,40,48)(H,41,51)(H,43,49)(H,44,50)(H,45,46)/t29?,30-,32-,33-,34?;29?,30-,32-,33-/m00/s1. The summed E-state index contributed by atoms with van der Waals surface area (Å²) < 4.78 is 22.5. The molecular weight excluding hydrogens is 1330 g/mol. The molecule has 15 N–H and O–H groups in total. The number of carbonyl (C=O) groups is 11. The molecule has 8 rings (SSSR count). The minimum absolute atomic E-state index is 0.000386. The molecule has 0 bridgehead atoms. The quantitative estimate of drug-likeness (QED) is 0.0195. The second-order valence-corrected chi connectivity index (χ2v) is 26.4. The van der Waals surface area contributed by atoms with Crippen molar-refractivity contribution in [3.05, 3.63) is 168 Å². The number of fused-ring (bicyclic) bond motifs is 2. The number of carbonyl (C=O) groups excluding carboxylic acids is 11. The maximum absolute atomic E-state index is 14.0. The van der Waals surface area contributed by atoms with Crippen LogP contribution in [0.5, 0.6) is 0 Å². The van der Waals surface area contributed by atoms with E-state index >= 15 is 0 Å². The van der Waals surface area contributed by atoms with E-state index < -0.39 is 132 Å². The van der Waals surface area contributed by atoms with E-state index in [1.807, 2.05) is 91.9 Å². The fourth-order valence-corrected chi connectivity index (χ4v) is 13.3. The predicted molar refractivity (Wildman–Crippen MR) is 393 cm³/mol. The van der Waals surface area contributed by atoms with Crippen molar-refractivity contribution in [2.45, 2.75) is 171 Å². The van der Waals surface area contributed by atoms with Crippen molar-refractivity contribution in [2.75, 3.05) is 26.0 Å². The summed E-state index contributed by atoms with van der Waals surface area (Å²) in [5.74, 6) is -8.15. The number of aliphatic hydroxyl groups excluding tert-OH is 1. The number of aliphatic hydroxyl groups is 1. The molecule has 6 aromatic carbocycles. The Morgan fingerprint density at radius 2 is 0.837 bits per heavy atom. The van der Waals surface area contributed by atoms with Gasteiger partial charge in [-0.1, -0.05) is 72.8 Å². The van der Waals surface area contributed by atoms with Gasteiger partial charge in [0.15, 0.2) is 0 Å². The van der Waals surface area contributed by atoms with Crippen molar-refractivity contribution in [1.29, 1.82) is 0 Å². The average Bonchev–Trinajstić information content (AvgIpc) is 0.831. The number of hydrogen-bond donors (Lipinski definition) is 13. The molecule has 104 heavy (non-hydrogen) atoms. The second kappa shape index (κ2) is 42.4. The van der Waals surface area contributed by atoms with Gasteiger partial charge in [-0.3, -0.25) is 19.2 Å². The molecule has 550 valence electrons. The van der Waals surface area contributed by atoms with Gasteiger partial charge in [0, 0.05) is 0 Å². The SMILES string of the molecule is CCCC(NC(=O)[C@H](Cc1ccc2ccccc2c1)NC(=O)[C@@H](NCB=O)C1CCCCC1)C(=O)C(=O)NCC(=O)N[C@H](C(N)=O)c1ccccc1.CCCC(NC(=O)[C@H](Cc1ccc2ccccc2c1)NC(=O)[C@@H](NCB=O)C1CCCCC1)C(O)C(=O)NCC(=O)N[C@H](C(N)=O)c1ccccc1. The summed E-state index contributed by atoms with van der Waals surface area (Å²) in [6.45, 7) is 2.43. The van der Waals surface area contributed by atoms with Gasteiger partial charge in [0.2, 0.25) is 23.6 Å². The third kappa shape index (κ3) is 25.1. The molecule has 6 aromatic rings. The fourth-order valence-electron chi connectivity index (χ4n) is 13.3. The average molecular weight is 1420 g/mol.